The Hall–Kier alpha value is -3.94. The standard InChI is InChI=1S/C25H17F4NO3/c1-14-9-11-15(12-10-14)22(31)20-21(18-7-2-3-8-19(18)26)30(24(33)23(20)32)17-6-4-5-16(13-17)25(27,28)29/h2-13,21,31H,1H3. The van der Waals surface area contributed by atoms with E-state index in [0.717, 1.165) is 28.7 Å². The van der Waals surface area contributed by atoms with Crippen LogP contribution in [-0.2, 0) is 15.8 Å². The molecule has 1 fully saturated rings. The number of anilines is 1. The van der Waals surface area contributed by atoms with E-state index in [9.17, 15) is 32.3 Å². The Kier molecular flexibility index (Phi) is 5.53. The molecule has 0 radical (unpaired) electrons. The molecule has 0 bridgehead atoms. The van der Waals surface area contributed by atoms with E-state index in [1.165, 1.54) is 36.4 Å². The van der Waals surface area contributed by atoms with Gasteiger partial charge in [0.15, 0.2) is 0 Å². The molecular formula is C25H17F4NO3. The van der Waals surface area contributed by atoms with E-state index in [-0.39, 0.29) is 16.8 Å². The van der Waals surface area contributed by atoms with E-state index in [4.69, 9.17) is 0 Å². The van der Waals surface area contributed by atoms with Crippen molar-refractivity contribution in [1.29, 1.82) is 0 Å². The molecule has 8 heteroatoms. The Balaban J connectivity index is 1.97. The summed E-state index contributed by atoms with van der Waals surface area (Å²) in [6, 6.07) is 14.1. The van der Waals surface area contributed by atoms with Crippen molar-refractivity contribution in [2.24, 2.45) is 0 Å². The summed E-state index contributed by atoms with van der Waals surface area (Å²) in [5.74, 6) is -3.62. The van der Waals surface area contributed by atoms with Gasteiger partial charge in [0.1, 0.15) is 11.6 Å². The van der Waals surface area contributed by atoms with Gasteiger partial charge < -0.3 is 5.11 Å². The summed E-state index contributed by atoms with van der Waals surface area (Å²) in [5, 5.41) is 10.9. The molecule has 0 saturated carbocycles. The molecule has 1 N–H and O–H groups in total. The average Bonchev–Trinajstić information content (AvgIpc) is 3.04. The Bertz CT molecular complexity index is 1280. The van der Waals surface area contributed by atoms with Crippen LogP contribution in [0.15, 0.2) is 78.4 Å². The van der Waals surface area contributed by atoms with Gasteiger partial charge in [-0.1, -0.05) is 54.1 Å². The molecule has 1 unspecified atom stereocenters. The number of benzene rings is 3. The number of alkyl halides is 3. The second-order valence-corrected chi connectivity index (χ2v) is 7.60. The molecule has 1 atom stereocenters. The molecule has 1 heterocycles. The minimum absolute atomic E-state index is 0.136. The maximum absolute atomic E-state index is 14.8. The fourth-order valence-corrected chi connectivity index (χ4v) is 3.79. The van der Waals surface area contributed by atoms with Crippen molar-refractivity contribution >= 4 is 23.1 Å². The van der Waals surface area contributed by atoms with Crippen LogP contribution < -0.4 is 4.90 Å². The predicted molar refractivity (Wildman–Crippen MR) is 114 cm³/mol. The van der Waals surface area contributed by atoms with Crippen LogP contribution in [0.2, 0.25) is 0 Å². The average molecular weight is 455 g/mol. The summed E-state index contributed by atoms with van der Waals surface area (Å²) in [5.41, 5.74) is -0.740. The number of amides is 1. The highest BCUT2D eigenvalue weighted by atomic mass is 19.4. The minimum Gasteiger partial charge on any atom is -0.507 e. The largest absolute Gasteiger partial charge is 0.507 e. The highest BCUT2D eigenvalue weighted by molar-refractivity contribution is 6.51. The van der Waals surface area contributed by atoms with Crippen molar-refractivity contribution in [3.8, 4) is 0 Å². The molecule has 1 amide bonds. The molecular weight excluding hydrogens is 438 g/mol. The first-order valence-electron chi connectivity index (χ1n) is 9.89. The number of halogens is 4. The van der Waals surface area contributed by atoms with Crippen LogP contribution in [-0.4, -0.2) is 16.8 Å². The monoisotopic (exact) mass is 455 g/mol. The molecule has 3 aromatic rings. The molecule has 4 rings (SSSR count). The summed E-state index contributed by atoms with van der Waals surface area (Å²) in [6.07, 6.45) is -4.70. The highest BCUT2D eigenvalue weighted by Gasteiger charge is 2.48. The molecule has 1 aliphatic rings. The van der Waals surface area contributed by atoms with Crippen LogP contribution >= 0.6 is 0 Å². The molecule has 33 heavy (non-hydrogen) atoms. The number of Topliss-reactive ketones (excluding diaryl/α,β-unsaturated/α-hetero) is 1. The lowest BCUT2D eigenvalue weighted by Crippen LogP contribution is -2.30. The van der Waals surface area contributed by atoms with Crippen molar-refractivity contribution in [3.05, 3.63) is 106 Å². The number of aryl methyl sites for hydroxylation is 1. The van der Waals surface area contributed by atoms with Crippen molar-refractivity contribution in [1.82, 2.24) is 0 Å². The normalized spacial score (nSPS) is 18.1. The van der Waals surface area contributed by atoms with E-state index in [2.05, 4.69) is 0 Å². The number of hydrogen-bond acceptors (Lipinski definition) is 3. The van der Waals surface area contributed by atoms with E-state index in [1.807, 2.05) is 6.92 Å². The van der Waals surface area contributed by atoms with Crippen LogP contribution in [0, 0.1) is 12.7 Å². The quantitative estimate of drug-likeness (QED) is 0.236. The number of aliphatic hydroxyl groups is 1. The minimum atomic E-state index is -4.70. The van der Waals surface area contributed by atoms with Gasteiger partial charge in [-0.25, -0.2) is 4.39 Å². The lowest BCUT2D eigenvalue weighted by Gasteiger charge is -2.26. The van der Waals surface area contributed by atoms with Gasteiger partial charge in [0.2, 0.25) is 0 Å². The number of carbonyl (C=O) groups excluding carboxylic acids is 2. The molecule has 1 aliphatic heterocycles. The van der Waals surface area contributed by atoms with Crippen LogP contribution in [0.4, 0.5) is 23.2 Å². The summed E-state index contributed by atoms with van der Waals surface area (Å²) in [6.45, 7) is 1.82. The molecule has 0 aliphatic carbocycles. The Morgan fingerprint density at radius 3 is 2.24 bits per heavy atom. The first-order valence-corrected chi connectivity index (χ1v) is 9.89. The van der Waals surface area contributed by atoms with Gasteiger partial charge in [-0.05, 0) is 31.2 Å². The van der Waals surface area contributed by atoms with Gasteiger partial charge in [0.25, 0.3) is 11.7 Å². The van der Waals surface area contributed by atoms with Gasteiger partial charge in [-0.15, -0.1) is 0 Å². The zero-order valence-corrected chi connectivity index (χ0v) is 17.2. The fraction of sp³-hybridized carbons (Fsp3) is 0.120. The van der Waals surface area contributed by atoms with E-state index in [0.29, 0.717) is 6.07 Å². The molecule has 4 nitrogen and oxygen atoms in total. The third kappa shape index (κ3) is 4.00. The van der Waals surface area contributed by atoms with E-state index in [1.54, 1.807) is 12.1 Å². The molecule has 3 aromatic carbocycles. The summed E-state index contributed by atoms with van der Waals surface area (Å²) in [7, 11) is 0. The molecule has 168 valence electrons. The summed E-state index contributed by atoms with van der Waals surface area (Å²) in [4.78, 5) is 26.8. The van der Waals surface area contributed by atoms with Gasteiger partial charge in [-0.3, -0.25) is 14.5 Å². The summed E-state index contributed by atoms with van der Waals surface area (Å²) >= 11 is 0. The molecule has 0 spiro atoms. The fourth-order valence-electron chi connectivity index (χ4n) is 3.79. The molecule has 0 aromatic heterocycles. The van der Waals surface area contributed by atoms with Gasteiger partial charge in [-0.2, -0.15) is 13.2 Å². The van der Waals surface area contributed by atoms with E-state index >= 15 is 0 Å². The SMILES string of the molecule is Cc1ccc(C(O)=C2C(=O)C(=O)N(c3cccc(C(F)(F)F)c3)C2c2ccccc2F)cc1. The van der Waals surface area contributed by atoms with Crippen molar-refractivity contribution in [2.75, 3.05) is 4.90 Å². The van der Waals surface area contributed by atoms with Crippen molar-refractivity contribution in [2.45, 2.75) is 19.1 Å². The smallest absolute Gasteiger partial charge is 0.416 e. The van der Waals surface area contributed by atoms with Gasteiger partial charge in [0.05, 0.1) is 17.2 Å². The van der Waals surface area contributed by atoms with Crippen molar-refractivity contribution < 1.29 is 32.3 Å². The maximum atomic E-state index is 14.8. The zero-order chi connectivity index (χ0) is 23.9. The topological polar surface area (TPSA) is 57.6 Å². The highest BCUT2D eigenvalue weighted by Crippen LogP contribution is 2.44. The van der Waals surface area contributed by atoms with Crippen LogP contribution in [0.3, 0.4) is 0 Å². The Labute approximate surface area is 186 Å². The maximum Gasteiger partial charge on any atom is 0.416 e. The van der Waals surface area contributed by atoms with Crippen LogP contribution in [0.1, 0.15) is 28.3 Å². The van der Waals surface area contributed by atoms with E-state index < -0.39 is 46.6 Å². The number of hydrogen-bond donors (Lipinski definition) is 1. The number of aliphatic hydroxyl groups excluding tert-OH is 1. The first kappa shape index (κ1) is 22.3. The number of carbonyl (C=O) groups is 2. The van der Waals surface area contributed by atoms with Gasteiger partial charge >= 0.3 is 6.18 Å². The van der Waals surface area contributed by atoms with Crippen LogP contribution in [0.25, 0.3) is 5.76 Å². The molecule has 1 saturated heterocycles. The third-order valence-corrected chi connectivity index (χ3v) is 5.42. The zero-order valence-electron chi connectivity index (χ0n) is 17.2. The number of ketones is 1. The Morgan fingerprint density at radius 1 is 0.939 bits per heavy atom. The van der Waals surface area contributed by atoms with Gasteiger partial charge in [0, 0.05) is 16.8 Å². The predicted octanol–water partition coefficient (Wildman–Crippen LogP) is 5.78. The second kappa shape index (κ2) is 8.20. The lowest BCUT2D eigenvalue weighted by atomic mass is 9.94. The third-order valence-electron chi connectivity index (χ3n) is 5.42. The van der Waals surface area contributed by atoms with Crippen LogP contribution in [0.5, 0.6) is 0 Å². The number of rotatable bonds is 3. The first-order chi connectivity index (χ1) is 15.6. The van der Waals surface area contributed by atoms with Crippen molar-refractivity contribution in [3.63, 3.8) is 0 Å². The second-order valence-electron chi connectivity index (χ2n) is 7.60. The lowest BCUT2D eigenvalue weighted by molar-refractivity contribution is -0.137. The summed E-state index contributed by atoms with van der Waals surface area (Å²) < 4.78 is 54.7. The number of nitrogens with zero attached hydrogens (tertiary/aromatic N) is 1. The Morgan fingerprint density at radius 2 is 1.61 bits per heavy atom.